The second-order valence-electron chi connectivity index (χ2n) is 6.54. The summed E-state index contributed by atoms with van der Waals surface area (Å²) in [5.74, 6) is 0.911. The molecule has 3 rings (SSSR count). The minimum atomic E-state index is -0.343. The second-order valence-corrected chi connectivity index (χ2v) is 6.94. The van der Waals surface area contributed by atoms with E-state index in [4.69, 9.17) is 16.3 Å². The third-order valence-electron chi connectivity index (χ3n) is 4.43. The standard InChI is InChI=1S/C19H24ClN3O2/c1-2-7-25-19-4-3-14(8-17(19)20)11-23-12-15(18(24)13-23)9-16-10-21-5-6-22-16/h3-6,8,10,15,18,24H,2,7,9,11-13H2,1H3/t15-,18-/m1/s1. The maximum Gasteiger partial charge on any atom is 0.137 e. The molecule has 0 unspecified atom stereocenters. The van der Waals surface area contributed by atoms with Gasteiger partial charge in [0.25, 0.3) is 0 Å². The van der Waals surface area contributed by atoms with Gasteiger partial charge in [-0.15, -0.1) is 0 Å². The molecule has 134 valence electrons. The third-order valence-corrected chi connectivity index (χ3v) is 4.73. The van der Waals surface area contributed by atoms with Crippen molar-refractivity contribution in [3.63, 3.8) is 0 Å². The van der Waals surface area contributed by atoms with Crippen molar-refractivity contribution < 1.29 is 9.84 Å². The fourth-order valence-electron chi connectivity index (χ4n) is 3.21. The normalized spacial score (nSPS) is 20.8. The zero-order valence-corrected chi connectivity index (χ0v) is 15.2. The average Bonchev–Trinajstić information content (AvgIpc) is 2.94. The number of ether oxygens (including phenoxy) is 1. The van der Waals surface area contributed by atoms with Gasteiger partial charge in [0, 0.05) is 44.1 Å². The molecule has 1 aliphatic heterocycles. The maximum absolute atomic E-state index is 10.4. The first-order valence-corrected chi connectivity index (χ1v) is 9.10. The Labute approximate surface area is 153 Å². The summed E-state index contributed by atoms with van der Waals surface area (Å²) in [5, 5.41) is 11.0. The number of aliphatic hydroxyl groups excluding tert-OH is 1. The molecule has 0 amide bonds. The molecular formula is C19H24ClN3O2. The SMILES string of the molecule is CCCOc1ccc(CN2C[C@@H](Cc3cnccn3)[C@H](O)C2)cc1Cl. The third kappa shape index (κ3) is 4.91. The lowest BCUT2D eigenvalue weighted by atomic mass is 10.0. The van der Waals surface area contributed by atoms with Crippen LogP contribution in [0.3, 0.4) is 0 Å². The second kappa shape index (κ2) is 8.61. The molecule has 0 spiro atoms. The van der Waals surface area contributed by atoms with Gasteiger partial charge in [0.1, 0.15) is 5.75 Å². The highest BCUT2D eigenvalue weighted by molar-refractivity contribution is 6.32. The largest absolute Gasteiger partial charge is 0.492 e. The maximum atomic E-state index is 10.4. The van der Waals surface area contributed by atoms with E-state index in [1.54, 1.807) is 18.6 Å². The molecule has 2 heterocycles. The van der Waals surface area contributed by atoms with E-state index >= 15 is 0 Å². The lowest BCUT2D eigenvalue weighted by Crippen LogP contribution is -2.21. The summed E-state index contributed by atoms with van der Waals surface area (Å²) in [4.78, 5) is 10.7. The Morgan fingerprint density at radius 1 is 1.32 bits per heavy atom. The van der Waals surface area contributed by atoms with Crippen molar-refractivity contribution >= 4 is 11.6 Å². The Hall–Kier alpha value is -1.69. The number of nitrogens with zero attached hydrogens (tertiary/aromatic N) is 3. The highest BCUT2D eigenvalue weighted by Crippen LogP contribution is 2.28. The molecule has 0 radical (unpaired) electrons. The van der Waals surface area contributed by atoms with Gasteiger partial charge in [-0.3, -0.25) is 14.9 Å². The van der Waals surface area contributed by atoms with E-state index < -0.39 is 0 Å². The number of halogens is 1. The minimum absolute atomic E-state index is 0.180. The van der Waals surface area contributed by atoms with Crippen LogP contribution in [0.25, 0.3) is 0 Å². The van der Waals surface area contributed by atoms with Gasteiger partial charge in [-0.25, -0.2) is 0 Å². The van der Waals surface area contributed by atoms with E-state index in [9.17, 15) is 5.11 Å². The molecule has 1 aliphatic rings. The number of aliphatic hydroxyl groups is 1. The first kappa shape index (κ1) is 18.1. The number of benzene rings is 1. The van der Waals surface area contributed by atoms with Crippen LogP contribution in [0, 0.1) is 5.92 Å². The first-order valence-electron chi connectivity index (χ1n) is 8.72. The Kier molecular flexibility index (Phi) is 6.24. The predicted molar refractivity (Wildman–Crippen MR) is 97.7 cm³/mol. The van der Waals surface area contributed by atoms with E-state index in [1.165, 1.54) is 0 Å². The lowest BCUT2D eigenvalue weighted by molar-refractivity contribution is 0.140. The zero-order valence-electron chi connectivity index (χ0n) is 14.4. The summed E-state index contributed by atoms with van der Waals surface area (Å²) in [5.41, 5.74) is 2.05. The minimum Gasteiger partial charge on any atom is -0.492 e. The Bertz CT molecular complexity index is 684. The van der Waals surface area contributed by atoms with Crippen LogP contribution >= 0.6 is 11.6 Å². The highest BCUT2D eigenvalue weighted by Gasteiger charge is 2.31. The van der Waals surface area contributed by atoms with Gasteiger partial charge < -0.3 is 9.84 Å². The summed E-state index contributed by atoms with van der Waals surface area (Å²) in [7, 11) is 0. The van der Waals surface area contributed by atoms with E-state index in [-0.39, 0.29) is 12.0 Å². The number of β-amino-alcohol motifs (C(OH)–C–C–N with tert-alkyl or cyclic N) is 1. The van der Waals surface area contributed by atoms with Crippen LogP contribution in [0.1, 0.15) is 24.6 Å². The first-order chi connectivity index (χ1) is 12.2. The number of likely N-dealkylation sites (tertiary alicyclic amines) is 1. The van der Waals surface area contributed by atoms with Crippen LogP contribution < -0.4 is 4.74 Å². The molecule has 1 aromatic carbocycles. The molecule has 0 saturated carbocycles. The van der Waals surface area contributed by atoms with Crippen LogP contribution in [-0.2, 0) is 13.0 Å². The van der Waals surface area contributed by atoms with Crippen molar-refractivity contribution in [3.8, 4) is 5.75 Å². The molecule has 2 aromatic rings. The van der Waals surface area contributed by atoms with Crippen LogP contribution in [-0.4, -0.2) is 45.8 Å². The number of hydrogen-bond donors (Lipinski definition) is 1. The molecule has 1 N–H and O–H groups in total. The van der Waals surface area contributed by atoms with Crippen molar-refractivity contribution in [2.24, 2.45) is 5.92 Å². The quantitative estimate of drug-likeness (QED) is 0.821. The van der Waals surface area contributed by atoms with Crippen molar-refractivity contribution in [3.05, 3.63) is 53.1 Å². The molecular weight excluding hydrogens is 338 g/mol. The Morgan fingerprint density at radius 3 is 2.92 bits per heavy atom. The van der Waals surface area contributed by atoms with Gasteiger partial charge in [0.2, 0.25) is 0 Å². The van der Waals surface area contributed by atoms with Gasteiger partial charge in [-0.1, -0.05) is 24.6 Å². The molecule has 0 bridgehead atoms. The molecule has 1 fully saturated rings. The molecule has 25 heavy (non-hydrogen) atoms. The predicted octanol–water partition coefficient (Wildman–Crippen LogP) is 2.95. The van der Waals surface area contributed by atoms with Crippen LogP contribution in [0.4, 0.5) is 0 Å². The molecule has 0 aliphatic carbocycles. The molecule has 5 nitrogen and oxygen atoms in total. The number of rotatable bonds is 7. The number of aromatic nitrogens is 2. The summed E-state index contributed by atoms with van der Waals surface area (Å²) >= 11 is 6.31. The fraction of sp³-hybridized carbons (Fsp3) is 0.474. The van der Waals surface area contributed by atoms with Gasteiger partial charge >= 0.3 is 0 Å². The topological polar surface area (TPSA) is 58.5 Å². The Morgan fingerprint density at radius 2 is 2.20 bits per heavy atom. The number of hydrogen-bond acceptors (Lipinski definition) is 5. The lowest BCUT2D eigenvalue weighted by Gasteiger charge is -2.16. The van der Waals surface area contributed by atoms with Crippen LogP contribution in [0.2, 0.25) is 5.02 Å². The molecule has 1 saturated heterocycles. The molecule has 6 heteroatoms. The Balaban J connectivity index is 1.57. The van der Waals surface area contributed by atoms with Crippen molar-refractivity contribution in [1.82, 2.24) is 14.9 Å². The van der Waals surface area contributed by atoms with E-state index in [1.807, 2.05) is 18.2 Å². The summed E-state index contributed by atoms with van der Waals surface area (Å²) in [6, 6.07) is 5.92. The summed E-state index contributed by atoms with van der Waals surface area (Å²) in [6.45, 7) is 5.00. The van der Waals surface area contributed by atoms with Gasteiger partial charge in [0.15, 0.2) is 0 Å². The van der Waals surface area contributed by atoms with Crippen LogP contribution in [0.15, 0.2) is 36.8 Å². The summed E-state index contributed by atoms with van der Waals surface area (Å²) in [6.07, 6.45) is 6.48. The highest BCUT2D eigenvalue weighted by atomic mass is 35.5. The molecule has 1 aromatic heterocycles. The van der Waals surface area contributed by atoms with Crippen molar-refractivity contribution in [2.45, 2.75) is 32.4 Å². The van der Waals surface area contributed by atoms with Gasteiger partial charge in [0.05, 0.1) is 23.4 Å². The molecule has 2 atom stereocenters. The van der Waals surface area contributed by atoms with Gasteiger partial charge in [-0.05, 0) is 30.5 Å². The van der Waals surface area contributed by atoms with Crippen LogP contribution in [0.5, 0.6) is 5.75 Å². The van der Waals surface area contributed by atoms with E-state index in [0.29, 0.717) is 18.2 Å². The van der Waals surface area contributed by atoms with Crippen molar-refractivity contribution in [2.75, 3.05) is 19.7 Å². The zero-order chi connectivity index (χ0) is 17.6. The van der Waals surface area contributed by atoms with E-state index in [2.05, 4.69) is 21.8 Å². The monoisotopic (exact) mass is 361 g/mol. The smallest absolute Gasteiger partial charge is 0.137 e. The van der Waals surface area contributed by atoms with Crippen molar-refractivity contribution in [1.29, 1.82) is 0 Å². The fourth-order valence-corrected chi connectivity index (χ4v) is 3.46. The summed E-state index contributed by atoms with van der Waals surface area (Å²) < 4.78 is 5.61. The van der Waals surface area contributed by atoms with E-state index in [0.717, 1.165) is 42.9 Å². The average molecular weight is 362 g/mol. The van der Waals surface area contributed by atoms with Gasteiger partial charge in [-0.2, -0.15) is 0 Å².